The predicted molar refractivity (Wildman–Crippen MR) is 93.7 cm³/mol. The van der Waals surface area contributed by atoms with Crippen molar-refractivity contribution in [3.05, 3.63) is 77.2 Å². The summed E-state index contributed by atoms with van der Waals surface area (Å²) < 4.78 is 14.5. The number of anilines is 1. The molecule has 0 saturated carbocycles. The smallest absolute Gasteiger partial charge is 0.225 e. The van der Waals surface area contributed by atoms with E-state index < -0.39 is 0 Å². The molecule has 0 bridgehead atoms. The van der Waals surface area contributed by atoms with Crippen LogP contribution >= 0.6 is 0 Å². The second-order valence-corrected chi connectivity index (χ2v) is 5.97. The Morgan fingerprint density at radius 2 is 1.96 bits per heavy atom. The van der Waals surface area contributed by atoms with Crippen LogP contribution in [-0.2, 0) is 17.8 Å². The third-order valence-corrected chi connectivity index (χ3v) is 3.79. The Bertz CT molecular complexity index is 858. The number of hydrogen-bond donors (Lipinski definition) is 1. The van der Waals surface area contributed by atoms with Gasteiger partial charge in [-0.1, -0.05) is 47.2 Å². The van der Waals surface area contributed by atoms with Crippen LogP contribution in [0.3, 0.4) is 0 Å². The van der Waals surface area contributed by atoms with Gasteiger partial charge in [0, 0.05) is 6.42 Å². The monoisotopic (exact) mass is 338 g/mol. The average Bonchev–Trinajstić information content (AvgIpc) is 3.02. The first-order chi connectivity index (χ1) is 12.1. The lowest BCUT2D eigenvalue weighted by molar-refractivity contribution is -0.116. The summed E-state index contributed by atoms with van der Waals surface area (Å²) >= 11 is 0. The lowest BCUT2D eigenvalue weighted by Gasteiger charge is -2.03. The summed E-state index contributed by atoms with van der Waals surface area (Å²) in [5, 5.41) is 10.7. The average molecular weight is 338 g/mol. The number of carbonyl (C=O) groups is 1. The molecule has 3 rings (SSSR count). The second kappa shape index (κ2) is 7.70. The maximum atomic E-state index is 12.9. The van der Waals surface area contributed by atoms with E-state index in [1.165, 1.54) is 17.7 Å². The summed E-state index contributed by atoms with van der Waals surface area (Å²) in [5.74, 6) is 0.0376. The van der Waals surface area contributed by atoms with E-state index in [-0.39, 0.29) is 11.7 Å². The van der Waals surface area contributed by atoms with Crippen LogP contribution in [0.15, 0.2) is 54.7 Å². The fourth-order valence-electron chi connectivity index (χ4n) is 2.54. The number of rotatable bonds is 6. The van der Waals surface area contributed by atoms with Crippen LogP contribution in [0, 0.1) is 12.7 Å². The van der Waals surface area contributed by atoms with Gasteiger partial charge in [0.15, 0.2) is 5.82 Å². The standard InChI is InChI=1S/C19H19FN4O/c1-14-3-2-4-15(11-14)7-10-19(25)21-18-13-24(23-22-18)12-16-5-8-17(20)9-6-16/h2-6,8-9,11,13H,7,10,12H2,1H3,(H,21,25). The highest BCUT2D eigenvalue weighted by molar-refractivity contribution is 5.89. The van der Waals surface area contributed by atoms with Crippen LogP contribution in [0.25, 0.3) is 0 Å². The molecule has 25 heavy (non-hydrogen) atoms. The molecule has 0 aliphatic heterocycles. The van der Waals surface area contributed by atoms with E-state index in [2.05, 4.69) is 21.7 Å². The molecular formula is C19H19FN4O. The molecule has 0 saturated heterocycles. The summed E-state index contributed by atoms with van der Waals surface area (Å²) in [7, 11) is 0. The number of benzene rings is 2. The summed E-state index contributed by atoms with van der Waals surface area (Å²) in [6.45, 7) is 2.50. The molecule has 0 atom stereocenters. The first-order valence-corrected chi connectivity index (χ1v) is 8.08. The van der Waals surface area contributed by atoms with E-state index in [4.69, 9.17) is 0 Å². The molecule has 1 aromatic heterocycles. The minimum absolute atomic E-state index is 0.102. The van der Waals surface area contributed by atoms with Crippen molar-refractivity contribution in [2.24, 2.45) is 0 Å². The van der Waals surface area contributed by atoms with Gasteiger partial charge in [0.25, 0.3) is 0 Å². The number of amides is 1. The van der Waals surface area contributed by atoms with Gasteiger partial charge in [0.1, 0.15) is 5.82 Å². The van der Waals surface area contributed by atoms with Crippen LogP contribution in [0.4, 0.5) is 10.2 Å². The second-order valence-electron chi connectivity index (χ2n) is 5.97. The van der Waals surface area contributed by atoms with E-state index in [0.717, 1.165) is 11.1 Å². The maximum Gasteiger partial charge on any atom is 0.225 e. The lowest BCUT2D eigenvalue weighted by atomic mass is 10.1. The van der Waals surface area contributed by atoms with Gasteiger partial charge in [0.2, 0.25) is 5.91 Å². The molecule has 6 heteroatoms. The van der Waals surface area contributed by atoms with Crippen molar-refractivity contribution in [3.63, 3.8) is 0 Å². The van der Waals surface area contributed by atoms with E-state index in [9.17, 15) is 9.18 Å². The molecule has 5 nitrogen and oxygen atoms in total. The highest BCUT2D eigenvalue weighted by Crippen LogP contribution is 2.09. The Hall–Kier alpha value is -3.02. The molecular weight excluding hydrogens is 319 g/mol. The fraction of sp³-hybridized carbons (Fsp3) is 0.211. The van der Waals surface area contributed by atoms with Crippen molar-refractivity contribution in [2.45, 2.75) is 26.3 Å². The van der Waals surface area contributed by atoms with Crippen molar-refractivity contribution in [3.8, 4) is 0 Å². The molecule has 0 aliphatic rings. The van der Waals surface area contributed by atoms with Crippen molar-refractivity contribution in [2.75, 3.05) is 5.32 Å². The van der Waals surface area contributed by atoms with Crippen molar-refractivity contribution in [1.82, 2.24) is 15.0 Å². The normalized spacial score (nSPS) is 10.6. The number of aryl methyl sites for hydroxylation is 2. The number of nitrogens with zero attached hydrogens (tertiary/aromatic N) is 3. The topological polar surface area (TPSA) is 59.8 Å². The van der Waals surface area contributed by atoms with Crippen molar-refractivity contribution < 1.29 is 9.18 Å². The SMILES string of the molecule is Cc1cccc(CCC(=O)Nc2cn(Cc3ccc(F)cc3)nn2)c1. The Labute approximate surface area is 145 Å². The van der Waals surface area contributed by atoms with E-state index >= 15 is 0 Å². The molecule has 1 N–H and O–H groups in total. The third-order valence-electron chi connectivity index (χ3n) is 3.79. The highest BCUT2D eigenvalue weighted by Gasteiger charge is 2.07. The zero-order valence-corrected chi connectivity index (χ0v) is 13.9. The minimum Gasteiger partial charge on any atom is -0.308 e. The fourth-order valence-corrected chi connectivity index (χ4v) is 2.54. The summed E-state index contributed by atoms with van der Waals surface area (Å²) in [5.41, 5.74) is 3.22. The predicted octanol–water partition coefficient (Wildman–Crippen LogP) is 3.35. The largest absolute Gasteiger partial charge is 0.308 e. The van der Waals surface area contributed by atoms with Crippen molar-refractivity contribution in [1.29, 1.82) is 0 Å². The molecule has 2 aromatic carbocycles. The molecule has 128 valence electrons. The molecule has 0 unspecified atom stereocenters. The van der Waals surface area contributed by atoms with Gasteiger partial charge in [-0.2, -0.15) is 0 Å². The van der Waals surface area contributed by atoms with E-state index in [1.807, 2.05) is 25.1 Å². The minimum atomic E-state index is -0.274. The molecule has 1 amide bonds. The number of nitrogens with one attached hydrogen (secondary N) is 1. The zero-order valence-electron chi connectivity index (χ0n) is 13.9. The summed E-state index contributed by atoms with van der Waals surface area (Å²) in [6.07, 6.45) is 2.72. The molecule has 3 aromatic rings. The van der Waals surface area contributed by atoms with Gasteiger partial charge in [-0.05, 0) is 36.6 Å². The Morgan fingerprint density at radius 1 is 1.16 bits per heavy atom. The third kappa shape index (κ3) is 4.97. The Balaban J connectivity index is 1.52. The summed E-state index contributed by atoms with van der Waals surface area (Å²) in [6, 6.07) is 14.3. The zero-order chi connectivity index (χ0) is 17.6. The van der Waals surface area contributed by atoms with Gasteiger partial charge in [0.05, 0.1) is 12.7 Å². The molecule has 0 radical (unpaired) electrons. The molecule has 0 fully saturated rings. The molecule has 1 heterocycles. The van der Waals surface area contributed by atoms with Gasteiger partial charge in [-0.15, -0.1) is 5.10 Å². The maximum absolute atomic E-state index is 12.9. The van der Waals surface area contributed by atoms with Gasteiger partial charge < -0.3 is 5.32 Å². The van der Waals surface area contributed by atoms with E-state index in [1.54, 1.807) is 23.0 Å². The molecule has 0 spiro atoms. The summed E-state index contributed by atoms with van der Waals surface area (Å²) in [4.78, 5) is 12.0. The van der Waals surface area contributed by atoms with Gasteiger partial charge in [-0.3, -0.25) is 4.79 Å². The van der Waals surface area contributed by atoms with Crippen LogP contribution in [0.2, 0.25) is 0 Å². The number of hydrogen-bond acceptors (Lipinski definition) is 3. The lowest BCUT2D eigenvalue weighted by Crippen LogP contribution is -2.12. The van der Waals surface area contributed by atoms with Gasteiger partial charge >= 0.3 is 0 Å². The van der Waals surface area contributed by atoms with Gasteiger partial charge in [-0.25, -0.2) is 9.07 Å². The number of halogens is 1. The highest BCUT2D eigenvalue weighted by atomic mass is 19.1. The number of carbonyl (C=O) groups excluding carboxylic acids is 1. The Morgan fingerprint density at radius 3 is 2.72 bits per heavy atom. The van der Waals surface area contributed by atoms with Crippen LogP contribution in [-0.4, -0.2) is 20.9 Å². The van der Waals surface area contributed by atoms with Crippen LogP contribution in [0.1, 0.15) is 23.1 Å². The quantitative estimate of drug-likeness (QED) is 0.750. The van der Waals surface area contributed by atoms with Crippen molar-refractivity contribution >= 4 is 11.7 Å². The first-order valence-electron chi connectivity index (χ1n) is 8.08. The van der Waals surface area contributed by atoms with E-state index in [0.29, 0.717) is 25.2 Å². The Kier molecular flexibility index (Phi) is 5.18. The first kappa shape index (κ1) is 16.8. The molecule has 0 aliphatic carbocycles. The van der Waals surface area contributed by atoms with Crippen LogP contribution < -0.4 is 5.32 Å². The van der Waals surface area contributed by atoms with Crippen LogP contribution in [0.5, 0.6) is 0 Å². The number of aromatic nitrogens is 3.